The lowest BCUT2D eigenvalue weighted by Crippen LogP contribution is -2.35. The van der Waals surface area contributed by atoms with E-state index in [0.29, 0.717) is 31.0 Å². The summed E-state index contributed by atoms with van der Waals surface area (Å²) in [6.45, 7) is 5.64. The molecule has 0 aliphatic heterocycles. The second-order valence-electron chi connectivity index (χ2n) is 9.85. The normalized spacial score (nSPS) is 46.4. The van der Waals surface area contributed by atoms with Crippen LogP contribution in [0.3, 0.4) is 0 Å². The van der Waals surface area contributed by atoms with E-state index in [0.717, 1.165) is 47.8 Å². The minimum atomic E-state index is -4.04. The fourth-order valence-corrected chi connectivity index (χ4v) is 7.96. The third-order valence-corrected chi connectivity index (χ3v) is 9.30. The number of aliphatic hydroxyl groups is 1. The van der Waals surface area contributed by atoms with E-state index >= 15 is 0 Å². The van der Waals surface area contributed by atoms with Gasteiger partial charge in [-0.15, -0.1) is 0 Å². The predicted octanol–water partition coefficient (Wildman–Crippen LogP) is 4.32. The molecule has 4 fully saturated rings. The topological polar surface area (TPSA) is 83.8 Å². The molecule has 0 spiro atoms. The molecule has 5 nitrogen and oxygen atoms in total. The summed E-state index contributed by atoms with van der Waals surface area (Å²) in [7, 11) is -4.04. The first-order chi connectivity index (χ1) is 12.3. The van der Waals surface area contributed by atoms with E-state index < -0.39 is 16.1 Å². The maximum Gasteiger partial charge on any atom is 0.289 e. The van der Waals surface area contributed by atoms with Crippen molar-refractivity contribution < 1.29 is 22.8 Å². The average Bonchev–Trinajstić information content (AvgIpc) is 3.29. The van der Waals surface area contributed by atoms with Crippen LogP contribution in [0.5, 0.6) is 0 Å². The molecular formula is C22H42O5S. The molecule has 0 aromatic rings. The molecule has 0 aromatic heterocycles. The van der Waals surface area contributed by atoms with Crippen molar-refractivity contribution in [1.82, 2.24) is 0 Å². The van der Waals surface area contributed by atoms with Gasteiger partial charge in [0.25, 0.3) is 10.1 Å². The first-order valence-corrected chi connectivity index (χ1v) is 12.0. The quantitative estimate of drug-likeness (QED) is 0.602. The Labute approximate surface area is 172 Å². The Hall–Kier alpha value is -0.170. The third kappa shape index (κ3) is 4.30. The molecule has 4 rings (SSSR count). The van der Waals surface area contributed by atoms with Crippen molar-refractivity contribution in [1.29, 1.82) is 0 Å². The highest BCUT2D eigenvalue weighted by Crippen LogP contribution is 2.62. The van der Waals surface area contributed by atoms with E-state index in [2.05, 4.69) is 13.8 Å². The lowest BCUT2D eigenvalue weighted by atomic mass is 9.66. The lowest BCUT2D eigenvalue weighted by Gasteiger charge is -2.40. The van der Waals surface area contributed by atoms with Gasteiger partial charge >= 0.3 is 0 Å². The van der Waals surface area contributed by atoms with E-state index in [1.807, 2.05) is 0 Å². The Bertz CT molecular complexity index is 616. The summed E-state index contributed by atoms with van der Waals surface area (Å²) in [5.74, 6) is 6.34. The second kappa shape index (κ2) is 8.91. The first kappa shape index (κ1) is 24.1. The zero-order valence-corrected chi connectivity index (χ0v) is 16.8. The van der Waals surface area contributed by atoms with E-state index in [1.54, 1.807) is 0 Å². The minimum absolute atomic E-state index is 0. The van der Waals surface area contributed by atoms with Crippen LogP contribution in [0.25, 0.3) is 0 Å². The summed E-state index contributed by atoms with van der Waals surface area (Å²) in [6, 6.07) is 0. The lowest BCUT2D eigenvalue weighted by molar-refractivity contribution is 0.0440. The van der Waals surface area contributed by atoms with Crippen molar-refractivity contribution in [3.8, 4) is 0 Å². The van der Waals surface area contributed by atoms with Gasteiger partial charge in [-0.2, -0.15) is 8.42 Å². The van der Waals surface area contributed by atoms with Crippen molar-refractivity contribution in [2.45, 2.75) is 60.8 Å². The molecule has 2 N–H and O–H groups in total. The van der Waals surface area contributed by atoms with E-state index in [1.165, 1.54) is 25.7 Å². The molecule has 4 aliphatic carbocycles. The van der Waals surface area contributed by atoms with Gasteiger partial charge < -0.3 is 9.84 Å². The molecule has 6 unspecified atom stereocenters. The highest BCUT2D eigenvalue weighted by Gasteiger charge is 2.55. The molecule has 0 amide bonds. The van der Waals surface area contributed by atoms with Crippen LogP contribution in [-0.2, 0) is 14.9 Å². The van der Waals surface area contributed by atoms with Crippen LogP contribution in [0, 0.1) is 59.2 Å². The summed E-state index contributed by atoms with van der Waals surface area (Å²) >= 11 is 0. The monoisotopic (exact) mass is 418 g/mol. The zero-order chi connectivity index (χ0) is 18.6. The standard InChI is InChI=1S/C20H34O5S.2CH4/c1-11-13-3-16(9-25-10-26(22,23)24)20(5-13)19(11)7-18-12(2)17-6-14(18)4-15(17)8-21;;/h11-21H,3-10H2,1-2H3,(H,22,23,24);2*1H4/t11?,12?,13-,14+,15?,16?,17-,18?,19?,20-;;/m0../s1. The fraction of sp³-hybridized carbons (Fsp3) is 1.00. The molecule has 4 bridgehead atoms. The Morgan fingerprint density at radius 1 is 0.893 bits per heavy atom. The van der Waals surface area contributed by atoms with Gasteiger partial charge in [-0.05, 0) is 91.3 Å². The van der Waals surface area contributed by atoms with Crippen LogP contribution >= 0.6 is 0 Å². The molecule has 10 atom stereocenters. The Morgan fingerprint density at radius 3 is 2.11 bits per heavy atom. The van der Waals surface area contributed by atoms with E-state index in [9.17, 15) is 13.5 Å². The van der Waals surface area contributed by atoms with Gasteiger partial charge in [0.2, 0.25) is 0 Å². The summed E-state index contributed by atoms with van der Waals surface area (Å²) in [5.41, 5.74) is 0. The first-order valence-electron chi connectivity index (χ1n) is 10.4. The highest BCUT2D eigenvalue weighted by molar-refractivity contribution is 7.85. The van der Waals surface area contributed by atoms with Crippen molar-refractivity contribution in [3.63, 3.8) is 0 Å². The van der Waals surface area contributed by atoms with Crippen LogP contribution in [0.1, 0.15) is 60.8 Å². The van der Waals surface area contributed by atoms with E-state index in [-0.39, 0.29) is 14.9 Å². The van der Waals surface area contributed by atoms with Crippen molar-refractivity contribution in [2.75, 3.05) is 19.2 Å². The predicted molar refractivity (Wildman–Crippen MR) is 112 cm³/mol. The van der Waals surface area contributed by atoms with Crippen molar-refractivity contribution in [2.24, 2.45) is 59.2 Å². The number of hydrogen-bond acceptors (Lipinski definition) is 4. The summed E-state index contributed by atoms with van der Waals surface area (Å²) < 4.78 is 36.0. The zero-order valence-electron chi connectivity index (χ0n) is 16.0. The molecule has 6 heteroatoms. The molecule has 0 saturated heterocycles. The van der Waals surface area contributed by atoms with Crippen molar-refractivity contribution in [3.05, 3.63) is 0 Å². The van der Waals surface area contributed by atoms with Gasteiger partial charge in [-0.3, -0.25) is 4.55 Å². The van der Waals surface area contributed by atoms with Crippen LogP contribution in [0.4, 0.5) is 0 Å². The molecule has 0 aromatic carbocycles. The van der Waals surface area contributed by atoms with E-state index in [4.69, 9.17) is 9.29 Å². The Balaban J connectivity index is 0.00000140. The largest absolute Gasteiger partial charge is 0.396 e. The summed E-state index contributed by atoms with van der Waals surface area (Å²) in [6.07, 6.45) is 6.24. The second-order valence-corrected chi connectivity index (χ2v) is 11.2. The highest BCUT2D eigenvalue weighted by atomic mass is 32.2. The van der Waals surface area contributed by atoms with Crippen molar-refractivity contribution >= 4 is 10.1 Å². The molecular weight excluding hydrogens is 376 g/mol. The van der Waals surface area contributed by atoms with Gasteiger partial charge in [0.15, 0.2) is 5.94 Å². The average molecular weight is 419 g/mol. The Morgan fingerprint density at radius 2 is 1.54 bits per heavy atom. The van der Waals surface area contributed by atoms with Crippen LogP contribution < -0.4 is 0 Å². The van der Waals surface area contributed by atoms with Gasteiger partial charge in [0.05, 0.1) is 6.61 Å². The van der Waals surface area contributed by atoms with Crippen LogP contribution in [-0.4, -0.2) is 37.2 Å². The SMILES string of the molecule is C.C.CC1C(CC2C(C)[C@@H]3C[C@H]2CC3CO)[C@H]2C[C@@H]1CC2COCS(=O)(=O)O. The molecule has 4 aliphatic rings. The van der Waals surface area contributed by atoms with Gasteiger partial charge in [0.1, 0.15) is 0 Å². The van der Waals surface area contributed by atoms with Crippen LogP contribution in [0.2, 0.25) is 0 Å². The maximum absolute atomic E-state index is 10.9. The molecule has 0 radical (unpaired) electrons. The third-order valence-electron chi connectivity index (χ3n) is 8.84. The smallest absolute Gasteiger partial charge is 0.289 e. The van der Waals surface area contributed by atoms with Gasteiger partial charge in [-0.25, -0.2) is 0 Å². The number of hydrogen-bond donors (Lipinski definition) is 2. The minimum Gasteiger partial charge on any atom is -0.396 e. The van der Waals surface area contributed by atoms with Gasteiger partial charge in [-0.1, -0.05) is 28.7 Å². The maximum atomic E-state index is 10.9. The molecule has 166 valence electrons. The number of fused-ring (bicyclic) bond motifs is 4. The van der Waals surface area contributed by atoms with Crippen LogP contribution in [0.15, 0.2) is 0 Å². The summed E-state index contributed by atoms with van der Waals surface area (Å²) in [5, 5.41) is 9.60. The molecule has 0 heterocycles. The van der Waals surface area contributed by atoms with Gasteiger partial charge in [0, 0.05) is 6.61 Å². The molecule has 4 saturated carbocycles. The molecule has 28 heavy (non-hydrogen) atoms. The summed E-state index contributed by atoms with van der Waals surface area (Å²) in [4.78, 5) is 0. The number of ether oxygens (including phenoxy) is 1. The number of rotatable bonds is 7. The number of aliphatic hydroxyl groups excluding tert-OH is 1. The fourth-order valence-electron chi connectivity index (χ4n) is 7.65. The Kier molecular flexibility index (Phi) is 7.67.